The first-order valence-electron chi connectivity index (χ1n) is 7.24. The third kappa shape index (κ3) is 3.05. The van der Waals surface area contributed by atoms with Gasteiger partial charge in [0, 0.05) is 0 Å². The van der Waals surface area contributed by atoms with Crippen molar-refractivity contribution in [3.63, 3.8) is 0 Å². The molecule has 0 saturated heterocycles. The lowest BCUT2D eigenvalue weighted by molar-refractivity contribution is 0.215. The number of rotatable bonds is 6. The molecule has 20 heavy (non-hydrogen) atoms. The Balaban J connectivity index is 2.46. The van der Waals surface area contributed by atoms with Crippen LogP contribution in [0.5, 0.6) is 0 Å². The van der Waals surface area contributed by atoms with Crippen LogP contribution in [0.4, 0.5) is 0 Å². The first kappa shape index (κ1) is 14.7. The lowest BCUT2D eigenvalue weighted by Crippen LogP contribution is -2.32. The van der Waals surface area contributed by atoms with Crippen LogP contribution in [0.2, 0.25) is 0 Å². The SMILES string of the molecule is CC(C)[CH+]CC(CO)(c1ccccc1)c1ccccc1. The molecule has 0 spiro atoms. The van der Waals surface area contributed by atoms with Gasteiger partial charge in [0.15, 0.2) is 0 Å². The van der Waals surface area contributed by atoms with Gasteiger partial charge in [0.05, 0.1) is 24.4 Å². The lowest BCUT2D eigenvalue weighted by Gasteiger charge is -2.30. The number of hydrogen-bond donors (Lipinski definition) is 1. The molecule has 0 radical (unpaired) electrons. The molecule has 2 aromatic rings. The highest BCUT2D eigenvalue weighted by Crippen LogP contribution is 2.37. The average Bonchev–Trinajstić information content (AvgIpc) is 2.50. The fraction of sp³-hybridized carbons (Fsp3) is 0.316. The Labute approximate surface area is 122 Å². The highest BCUT2D eigenvalue weighted by Gasteiger charge is 2.37. The summed E-state index contributed by atoms with van der Waals surface area (Å²) >= 11 is 0. The Morgan fingerprint density at radius 2 is 1.35 bits per heavy atom. The molecule has 1 N–H and O–H groups in total. The van der Waals surface area contributed by atoms with Crippen molar-refractivity contribution in [1.82, 2.24) is 0 Å². The Morgan fingerprint density at radius 1 is 0.900 bits per heavy atom. The Hall–Kier alpha value is -1.73. The predicted octanol–water partition coefficient (Wildman–Crippen LogP) is 4.22. The van der Waals surface area contributed by atoms with E-state index < -0.39 is 0 Å². The van der Waals surface area contributed by atoms with Gasteiger partial charge in [-0.25, -0.2) is 0 Å². The van der Waals surface area contributed by atoms with Crippen LogP contribution in [-0.2, 0) is 5.41 Å². The van der Waals surface area contributed by atoms with Crippen LogP contribution < -0.4 is 0 Å². The van der Waals surface area contributed by atoms with Gasteiger partial charge in [-0.1, -0.05) is 60.7 Å². The summed E-state index contributed by atoms with van der Waals surface area (Å²) < 4.78 is 0. The normalized spacial score (nSPS) is 11.6. The number of hydrogen-bond acceptors (Lipinski definition) is 1. The van der Waals surface area contributed by atoms with Crippen LogP contribution in [0, 0.1) is 12.3 Å². The summed E-state index contributed by atoms with van der Waals surface area (Å²) in [5.74, 6) is 0.508. The molecule has 0 aliphatic heterocycles. The van der Waals surface area contributed by atoms with Crippen molar-refractivity contribution < 1.29 is 5.11 Å². The molecule has 0 amide bonds. The topological polar surface area (TPSA) is 20.2 Å². The fourth-order valence-electron chi connectivity index (χ4n) is 2.60. The van der Waals surface area contributed by atoms with Gasteiger partial charge in [0.2, 0.25) is 0 Å². The Kier molecular flexibility index (Phi) is 4.86. The molecule has 0 aliphatic carbocycles. The van der Waals surface area contributed by atoms with E-state index in [2.05, 4.69) is 44.5 Å². The quantitative estimate of drug-likeness (QED) is 0.777. The number of aliphatic hydroxyl groups is 1. The minimum Gasteiger partial charge on any atom is -0.395 e. The van der Waals surface area contributed by atoms with Crippen LogP contribution >= 0.6 is 0 Å². The van der Waals surface area contributed by atoms with Gasteiger partial charge in [0.25, 0.3) is 0 Å². The van der Waals surface area contributed by atoms with Gasteiger partial charge in [-0.05, 0) is 25.0 Å². The van der Waals surface area contributed by atoms with E-state index in [0.29, 0.717) is 5.92 Å². The minimum atomic E-state index is -0.340. The third-order valence-corrected chi connectivity index (χ3v) is 3.86. The van der Waals surface area contributed by atoms with Gasteiger partial charge in [-0.2, -0.15) is 0 Å². The molecule has 1 nitrogen and oxygen atoms in total. The highest BCUT2D eigenvalue weighted by molar-refractivity contribution is 5.40. The summed E-state index contributed by atoms with van der Waals surface area (Å²) in [4.78, 5) is 0. The fourth-order valence-corrected chi connectivity index (χ4v) is 2.60. The molecule has 0 fully saturated rings. The van der Waals surface area contributed by atoms with E-state index >= 15 is 0 Å². The van der Waals surface area contributed by atoms with Crippen LogP contribution in [0.15, 0.2) is 60.7 Å². The Morgan fingerprint density at radius 3 is 1.70 bits per heavy atom. The standard InChI is InChI=1S/C19H23O/c1-16(2)13-14-19(15-20,17-9-5-3-6-10-17)18-11-7-4-8-12-18/h3-13,16,20H,14-15H2,1-2H3/q+1. The first-order valence-corrected chi connectivity index (χ1v) is 7.24. The van der Waals surface area contributed by atoms with E-state index in [1.54, 1.807) is 0 Å². The van der Waals surface area contributed by atoms with E-state index in [9.17, 15) is 5.11 Å². The second-order valence-electron chi connectivity index (χ2n) is 5.66. The molecule has 0 bridgehead atoms. The molecule has 104 valence electrons. The zero-order valence-electron chi connectivity index (χ0n) is 12.3. The van der Waals surface area contributed by atoms with Crippen LogP contribution in [-0.4, -0.2) is 11.7 Å². The van der Waals surface area contributed by atoms with Gasteiger partial charge in [-0.15, -0.1) is 0 Å². The summed E-state index contributed by atoms with van der Waals surface area (Å²) in [7, 11) is 0. The summed E-state index contributed by atoms with van der Waals surface area (Å²) in [5.41, 5.74) is 2.00. The zero-order valence-corrected chi connectivity index (χ0v) is 12.3. The van der Waals surface area contributed by atoms with E-state index in [1.807, 2.05) is 36.4 Å². The lowest BCUT2D eigenvalue weighted by atomic mass is 9.71. The zero-order chi connectivity index (χ0) is 14.4. The van der Waals surface area contributed by atoms with Gasteiger partial charge in [-0.3, -0.25) is 0 Å². The van der Waals surface area contributed by atoms with E-state index in [-0.39, 0.29) is 12.0 Å². The maximum absolute atomic E-state index is 10.2. The molecule has 2 rings (SSSR count). The molecule has 0 saturated carbocycles. The molecule has 0 aliphatic rings. The van der Waals surface area contributed by atoms with Crippen molar-refractivity contribution in [2.24, 2.45) is 5.92 Å². The highest BCUT2D eigenvalue weighted by atomic mass is 16.3. The molecule has 0 heterocycles. The van der Waals surface area contributed by atoms with Crippen LogP contribution in [0.3, 0.4) is 0 Å². The van der Waals surface area contributed by atoms with Gasteiger partial charge >= 0.3 is 0 Å². The van der Waals surface area contributed by atoms with Gasteiger partial charge in [0.1, 0.15) is 6.42 Å². The first-order chi connectivity index (χ1) is 9.69. The molecule has 1 heteroatoms. The molecular weight excluding hydrogens is 244 g/mol. The van der Waals surface area contributed by atoms with Crippen molar-refractivity contribution >= 4 is 0 Å². The molecule has 0 aromatic heterocycles. The summed E-state index contributed by atoms with van der Waals surface area (Å²) in [6, 6.07) is 20.6. The maximum Gasteiger partial charge on any atom is 0.104 e. The van der Waals surface area contributed by atoms with Crippen LogP contribution in [0.1, 0.15) is 31.4 Å². The Bertz CT molecular complexity index is 462. The number of benzene rings is 2. The summed E-state index contributed by atoms with van der Waals surface area (Å²) in [6.45, 7) is 4.47. The largest absolute Gasteiger partial charge is 0.395 e. The minimum absolute atomic E-state index is 0.115. The second kappa shape index (κ2) is 6.62. The molecule has 2 aromatic carbocycles. The summed E-state index contributed by atoms with van der Waals surface area (Å²) in [5, 5.41) is 10.2. The van der Waals surface area contributed by atoms with Crippen molar-refractivity contribution in [1.29, 1.82) is 0 Å². The molecule has 0 unspecified atom stereocenters. The monoisotopic (exact) mass is 267 g/mol. The second-order valence-corrected chi connectivity index (χ2v) is 5.66. The predicted molar refractivity (Wildman–Crippen MR) is 84.5 cm³/mol. The van der Waals surface area contributed by atoms with Crippen molar-refractivity contribution in [3.05, 3.63) is 78.2 Å². The number of aliphatic hydroxyl groups excluding tert-OH is 1. The van der Waals surface area contributed by atoms with Crippen molar-refractivity contribution in [2.45, 2.75) is 25.7 Å². The van der Waals surface area contributed by atoms with E-state index in [1.165, 1.54) is 11.1 Å². The van der Waals surface area contributed by atoms with E-state index in [4.69, 9.17) is 0 Å². The maximum atomic E-state index is 10.2. The van der Waals surface area contributed by atoms with Crippen molar-refractivity contribution in [3.8, 4) is 0 Å². The van der Waals surface area contributed by atoms with E-state index in [0.717, 1.165) is 6.42 Å². The van der Waals surface area contributed by atoms with Crippen LogP contribution in [0.25, 0.3) is 0 Å². The third-order valence-electron chi connectivity index (χ3n) is 3.86. The smallest absolute Gasteiger partial charge is 0.104 e. The molecule has 0 atom stereocenters. The summed E-state index contributed by atoms with van der Waals surface area (Å²) in [6.07, 6.45) is 3.13. The van der Waals surface area contributed by atoms with Crippen molar-refractivity contribution in [2.75, 3.05) is 6.61 Å². The van der Waals surface area contributed by atoms with Gasteiger partial charge < -0.3 is 5.11 Å². The average molecular weight is 267 g/mol. The molecular formula is C19H23O+.